The van der Waals surface area contributed by atoms with Crippen LogP contribution in [-0.2, 0) is 19.8 Å². The smallest absolute Gasteiger partial charge is 0.347 e. The third-order valence-corrected chi connectivity index (χ3v) is 2.77. The number of hydrogen-bond acceptors (Lipinski definition) is 2. The van der Waals surface area contributed by atoms with Crippen molar-refractivity contribution in [2.45, 2.75) is 12.7 Å². The fraction of sp³-hybridized carbons (Fsp3) is 0.231. The predicted octanol–water partition coefficient (Wildman–Crippen LogP) is 2.51. The van der Waals surface area contributed by atoms with Gasteiger partial charge in [0.15, 0.2) is 5.69 Å². The molecule has 4 nitrogen and oxygen atoms in total. The summed E-state index contributed by atoms with van der Waals surface area (Å²) in [6.45, 7) is 0.0665. The van der Waals surface area contributed by atoms with E-state index in [0.717, 1.165) is 7.05 Å². The van der Waals surface area contributed by atoms with Crippen molar-refractivity contribution >= 4 is 5.91 Å². The highest BCUT2D eigenvalue weighted by atomic mass is 19.4. The molecule has 0 fully saturated rings. The number of nitrogens with one attached hydrogen (secondary N) is 1. The first-order valence-electron chi connectivity index (χ1n) is 5.91. The van der Waals surface area contributed by atoms with Gasteiger partial charge in [0.05, 0.1) is 0 Å². The van der Waals surface area contributed by atoms with Crippen LogP contribution >= 0.6 is 0 Å². The lowest BCUT2D eigenvalue weighted by Crippen LogP contribution is -2.23. The highest BCUT2D eigenvalue weighted by molar-refractivity contribution is 5.92. The molecule has 21 heavy (non-hydrogen) atoms. The van der Waals surface area contributed by atoms with E-state index in [4.69, 9.17) is 0 Å². The van der Waals surface area contributed by atoms with Crippen molar-refractivity contribution in [1.82, 2.24) is 15.1 Å². The zero-order valence-electron chi connectivity index (χ0n) is 10.9. The van der Waals surface area contributed by atoms with E-state index in [1.54, 1.807) is 0 Å². The van der Waals surface area contributed by atoms with E-state index >= 15 is 0 Å². The first kappa shape index (κ1) is 15.0. The van der Waals surface area contributed by atoms with Crippen molar-refractivity contribution in [3.63, 3.8) is 0 Å². The lowest BCUT2D eigenvalue weighted by Gasteiger charge is -2.04. The van der Waals surface area contributed by atoms with E-state index in [1.807, 2.05) is 0 Å². The molecule has 0 aliphatic heterocycles. The highest BCUT2D eigenvalue weighted by Gasteiger charge is 2.35. The summed E-state index contributed by atoms with van der Waals surface area (Å²) in [6, 6.07) is 6.07. The molecule has 0 bridgehead atoms. The monoisotopic (exact) mass is 301 g/mol. The van der Waals surface area contributed by atoms with Gasteiger partial charge in [-0.1, -0.05) is 12.1 Å². The number of carbonyl (C=O) groups excluding carboxylic acids is 1. The van der Waals surface area contributed by atoms with E-state index in [1.165, 1.54) is 24.3 Å². The zero-order valence-corrected chi connectivity index (χ0v) is 10.9. The van der Waals surface area contributed by atoms with Crippen molar-refractivity contribution in [3.8, 4) is 0 Å². The van der Waals surface area contributed by atoms with Crippen LogP contribution in [0, 0.1) is 5.82 Å². The minimum absolute atomic E-state index is 0.0665. The van der Waals surface area contributed by atoms with Gasteiger partial charge in [-0.15, -0.1) is 0 Å². The van der Waals surface area contributed by atoms with Crippen LogP contribution in [0.5, 0.6) is 0 Å². The summed E-state index contributed by atoms with van der Waals surface area (Å²) in [7, 11) is 1.11. The van der Waals surface area contributed by atoms with Gasteiger partial charge in [0, 0.05) is 19.7 Å². The molecule has 0 unspecified atom stereocenters. The van der Waals surface area contributed by atoms with Gasteiger partial charge in [-0.3, -0.25) is 9.48 Å². The van der Waals surface area contributed by atoms with E-state index in [-0.39, 0.29) is 12.2 Å². The Morgan fingerprint density at radius 2 is 1.90 bits per heavy atom. The molecule has 0 atom stereocenters. The molecule has 1 N–H and O–H groups in total. The fourth-order valence-corrected chi connectivity index (χ4v) is 1.72. The Balaban J connectivity index is 2.05. The molecule has 2 aromatic rings. The molecule has 0 aliphatic rings. The Bertz CT molecular complexity index is 646. The van der Waals surface area contributed by atoms with Gasteiger partial charge < -0.3 is 5.32 Å². The topological polar surface area (TPSA) is 46.9 Å². The molecule has 2 rings (SSSR count). The van der Waals surface area contributed by atoms with Crippen LogP contribution in [0.1, 0.15) is 21.7 Å². The van der Waals surface area contributed by atoms with Gasteiger partial charge in [0.2, 0.25) is 0 Å². The van der Waals surface area contributed by atoms with Crippen LogP contribution in [0.3, 0.4) is 0 Å². The maximum absolute atomic E-state index is 12.7. The number of hydrogen-bond donors (Lipinski definition) is 1. The summed E-state index contributed by atoms with van der Waals surface area (Å²) < 4.78 is 51.1. The summed E-state index contributed by atoms with van der Waals surface area (Å²) in [5.74, 6) is -1.14. The van der Waals surface area contributed by atoms with Gasteiger partial charge in [-0.25, -0.2) is 4.39 Å². The minimum atomic E-state index is -4.57. The maximum Gasteiger partial charge on any atom is 0.433 e. The molecule has 1 aromatic carbocycles. The van der Waals surface area contributed by atoms with Gasteiger partial charge in [0.1, 0.15) is 11.5 Å². The second-order valence-corrected chi connectivity index (χ2v) is 4.35. The second-order valence-electron chi connectivity index (χ2n) is 4.35. The summed E-state index contributed by atoms with van der Waals surface area (Å²) in [4.78, 5) is 11.7. The molecule has 0 spiro atoms. The molecule has 1 aromatic heterocycles. The Morgan fingerprint density at radius 1 is 1.29 bits per heavy atom. The molecular weight excluding hydrogens is 290 g/mol. The molecule has 0 saturated heterocycles. The van der Waals surface area contributed by atoms with Crippen LogP contribution in [0.25, 0.3) is 0 Å². The number of rotatable bonds is 3. The molecule has 1 heterocycles. The molecule has 1 amide bonds. The van der Waals surface area contributed by atoms with E-state index in [0.29, 0.717) is 16.3 Å². The SMILES string of the molecule is Cn1nc(C(=O)NCc2ccc(F)cc2)cc1C(F)(F)F. The van der Waals surface area contributed by atoms with Crippen LogP contribution in [0.15, 0.2) is 30.3 Å². The minimum Gasteiger partial charge on any atom is -0.347 e. The maximum atomic E-state index is 12.7. The number of amides is 1. The number of nitrogens with zero attached hydrogens (tertiary/aromatic N) is 2. The Labute approximate surface area is 117 Å². The number of halogens is 4. The largest absolute Gasteiger partial charge is 0.433 e. The summed E-state index contributed by atoms with van der Waals surface area (Å²) in [6.07, 6.45) is -4.57. The van der Waals surface area contributed by atoms with Crippen LogP contribution in [0.2, 0.25) is 0 Å². The quantitative estimate of drug-likeness (QED) is 0.886. The van der Waals surface area contributed by atoms with Crippen molar-refractivity contribution in [2.75, 3.05) is 0 Å². The van der Waals surface area contributed by atoms with Crippen molar-refractivity contribution in [1.29, 1.82) is 0 Å². The average molecular weight is 301 g/mol. The summed E-state index contributed by atoms with van der Waals surface area (Å²) >= 11 is 0. The molecule has 8 heteroatoms. The van der Waals surface area contributed by atoms with Gasteiger partial charge in [-0.2, -0.15) is 18.3 Å². The Morgan fingerprint density at radius 3 is 2.43 bits per heavy atom. The third kappa shape index (κ3) is 3.59. The Hall–Kier alpha value is -2.38. The van der Waals surface area contributed by atoms with Crippen LogP contribution < -0.4 is 5.32 Å². The molecular formula is C13H11F4N3O. The fourth-order valence-electron chi connectivity index (χ4n) is 1.72. The van der Waals surface area contributed by atoms with Crippen molar-refractivity contribution in [3.05, 3.63) is 53.1 Å². The van der Waals surface area contributed by atoms with Crippen LogP contribution in [0.4, 0.5) is 17.6 Å². The second kappa shape index (κ2) is 5.55. The normalized spacial score (nSPS) is 11.5. The van der Waals surface area contributed by atoms with Crippen molar-refractivity contribution in [2.24, 2.45) is 7.05 Å². The lowest BCUT2D eigenvalue weighted by atomic mass is 10.2. The summed E-state index contributed by atoms with van der Waals surface area (Å²) in [5, 5.41) is 5.95. The van der Waals surface area contributed by atoms with Gasteiger partial charge in [-0.05, 0) is 17.7 Å². The number of aromatic nitrogens is 2. The average Bonchev–Trinajstić information content (AvgIpc) is 2.80. The molecule has 0 saturated carbocycles. The number of aryl methyl sites for hydroxylation is 1. The zero-order chi connectivity index (χ0) is 15.6. The highest BCUT2D eigenvalue weighted by Crippen LogP contribution is 2.29. The van der Waals surface area contributed by atoms with Crippen molar-refractivity contribution < 1.29 is 22.4 Å². The first-order chi connectivity index (χ1) is 9.77. The molecule has 112 valence electrons. The number of alkyl halides is 3. The van der Waals surface area contributed by atoms with E-state index < -0.39 is 23.6 Å². The first-order valence-corrected chi connectivity index (χ1v) is 5.91. The Kier molecular flexibility index (Phi) is 3.97. The standard InChI is InChI=1S/C13H11F4N3O/c1-20-11(13(15,16)17)6-10(19-20)12(21)18-7-8-2-4-9(14)5-3-8/h2-6H,7H2,1H3,(H,18,21). The molecule has 0 aliphatic carbocycles. The molecule has 0 radical (unpaired) electrons. The lowest BCUT2D eigenvalue weighted by molar-refractivity contribution is -0.143. The van der Waals surface area contributed by atoms with Crippen LogP contribution in [-0.4, -0.2) is 15.7 Å². The van der Waals surface area contributed by atoms with Gasteiger partial charge >= 0.3 is 6.18 Å². The number of benzene rings is 1. The van der Waals surface area contributed by atoms with E-state index in [2.05, 4.69) is 10.4 Å². The van der Waals surface area contributed by atoms with E-state index in [9.17, 15) is 22.4 Å². The summed E-state index contributed by atoms with van der Waals surface area (Å²) in [5.41, 5.74) is -0.710. The third-order valence-electron chi connectivity index (χ3n) is 2.77. The predicted molar refractivity (Wildman–Crippen MR) is 65.8 cm³/mol. The number of carbonyl (C=O) groups is 1. The van der Waals surface area contributed by atoms with Gasteiger partial charge in [0.25, 0.3) is 5.91 Å².